The first kappa shape index (κ1) is 31.7. The summed E-state index contributed by atoms with van der Waals surface area (Å²) < 4.78 is 58.9. The molecule has 1 aliphatic heterocycles. The van der Waals surface area contributed by atoms with Crippen LogP contribution in [0.25, 0.3) is 0 Å². The summed E-state index contributed by atoms with van der Waals surface area (Å²) in [5.74, 6) is -0.833. The number of carbonyl (C=O) groups is 1. The normalized spacial score (nSPS) is 20.4. The molecule has 2 aliphatic rings. The van der Waals surface area contributed by atoms with E-state index < -0.39 is 36.9 Å². The number of amides is 1. The van der Waals surface area contributed by atoms with Crippen LogP contribution in [-0.2, 0) is 23.4 Å². The highest BCUT2D eigenvalue weighted by atomic mass is 31.2. The molecule has 0 bridgehead atoms. The molecule has 1 aliphatic carbocycles. The van der Waals surface area contributed by atoms with Gasteiger partial charge in [-0.25, -0.2) is 4.98 Å². The standard InChI is InChI=1S/C29H33F3N5O6P/c1-28(39)10-8-17(9-11-28)18-5-7-22(24-19(18)14-37(2)26(24)38)34-25-20(29(30,31)32)13-33-27(36-25)35-21-6-4-16(12-23(21)43-3)15-44(40,41)42/h4-7,12-13,17,39H,8-11,14-15H2,1-3H3,(H2,40,41,42)(H2,33,34,35,36)/t17-,28-. The first-order valence-electron chi connectivity index (χ1n) is 13.9. The van der Waals surface area contributed by atoms with Crippen LogP contribution < -0.4 is 15.4 Å². The molecule has 1 fully saturated rings. The van der Waals surface area contributed by atoms with Gasteiger partial charge in [-0.05, 0) is 73.4 Å². The van der Waals surface area contributed by atoms with E-state index in [4.69, 9.17) is 4.74 Å². The van der Waals surface area contributed by atoms with Crippen molar-refractivity contribution in [2.75, 3.05) is 24.8 Å². The lowest BCUT2D eigenvalue weighted by Crippen LogP contribution is -2.29. The third kappa shape index (κ3) is 6.83. The molecule has 0 atom stereocenters. The van der Waals surface area contributed by atoms with Gasteiger partial charge in [0.15, 0.2) is 0 Å². The van der Waals surface area contributed by atoms with E-state index in [1.807, 2.05) is 6.07 Å². The smallest absolute Gasteiger partial charge is 0.421 e. The van der Waals surface area contributed by atoms with Crippen molar-refractivity contribution in [1.82, 2.24) is 14.9 Å². The van der Waals surface area contributed by atoms with Gasteiger partial charge in [0.1, 0.15) is 17.1 Å². The highest BCUT2D eigenvalue weighted by Gasteiger charge is 2.38. The van der Waals surface area contributed by atoms with Gasteiger partial charge in [-0.2, -0.15) is 18.2 Å². The maximum Gasteiger partial charge on any atom is 0.421 e. The monoisotopic (exact) mass is 635 g/mol. The number of benzene rings is 2. The number of anilines is 4. The lowest BCUT2D eigenvalue weighted by atomic mass is 9.75. The van der Waals surface area contributed by atoms with E-state index in [9.17, 15) is 37.4 Å². The van der Waals surface area contributed by atoms with Crippen LogP contribution in [0.2, 0.25) is 0 Å². The van der Waals surface area contributed by atoms with Crippen LogP contribution in [0.4, 0.5) is 36.3 Å². The molecule has 0 radical (unpaired) electrons. The van der Waals surface area contributed by atoms with Gasteiger partial charge in [0.2, 0.25) is 5.95 Å². The molecular formula is C29H33F3N5O6P. The number of halogens is 3. The Bertz CT molecular complexity index is 1630. The highest BCUT2D eigenvalue weighted by molar-refractivity contribution is 7.50. The number of carbonyl (C=O) groups excluding carboxylic acids is 1. The summed E-state index contributed by atoms with van der Waals surface area (Å²) in [6, 6.07) is 7.70. The molecule has 11 nitrogen and oxygen atoms in total. The summed E-state index contributed by atoms with van der Waals surface area (Å²) in [5.41, 5.74) is 0.821. The van der Waals surface area contributed by atoms with Gasteiger partial charge in [-0.15, -0.1) is 0 Å². The van der Waals surface area contributed by atoms with Crippen molar-refractivity contribution in [3.63, 3.8) is 0 Å². The van der Waals surface area contributed by atoms with Gasteiger partial charge < -0.3 is 35.2 Å². The largest absolute Gasteiger partial charge is 0.495 e. The van der Waals surface area contributed by atoms with E-state index in [2.05, 4.69) is 20.6 Å². The van der Waals surface area contributed by atoms with Gasteiger partial charge in [0.05, 0.1) is 35.8 Å². The molecule has 1 amide bonds. The minimum absolute atomic E-state index is 0.112. The third-order valence-corrected chi connectivity index (χ3v) is 8.83. The fourth-order valence-corrected chi connectivity index (χ4v) is 6.46. The number of fused-ring (bicyclic) bond motifs is 1. The Morgan fingerprint density at radius 1 is 1.14 bits per heavy atom. The topological polar surface area (TPSA) is 157 Å². The third-order valence-electron chi connectivity index (χ3n) is 8.06. The zero-order chi connectivity index (χ0) is 32.0. The van der Waals surface area contributed by atoms with Crippen molar-refractivity contribution < 1.29 is 42.2 Å². The van der Waals surface area contributed by atoms with Crippen molar-refractivity contribution in [2.45, 2.75) is 63.0 Å². The molecule has 15 heteroatoms. The van der Waals surface area contributed by atoms with Crippen LogP contribution in [0.3, 0.4) is 0 Å². The van der Waals surface area contributed by atoms with Crippen molar-refractivity contribution in [3.8, 4) is 5.75 Å². The Morgan fingerprint density at radius 3 is 2.45 bits per heavy atom. The number of hydrogen-bond donors (Lipinski definition) is 5. The second-order valence-corrected chi connectivity index (χ2v) is 13.2. The van der Waals surface area contributed by atoms with E-state index in [0.29, 0.717) is 31.1 Å². The van der Waals surface area contributed by atoms with E-state index in [-0.39, 0.29) is 40.5 Å². The van der Waals surface area contributed by atoms with E-state index in [0.717, 1.165) is 24.0 Å². The van der Waals surface area contributed by atoms with Crippen molar-refractivity contribution >= 4 is 36.6 Å². The predicted octanol–water partition coefficient (Wildman–Crippen LogP) is 5.66. The van der Waals surface area contributed by atoms with Gasteiger partial charge >= 0.3 is 13.8 Å². The zero-order valence-electron chi connectivity index (χ0n) is 24.3. The molecule has 2 aromatic carbocycles. The van der Waals surface area contributed by atoms with Crippen LogP contribution in [0.5, 0.6) is 5.75 Å². The van der Waals surface area contributed by atoms with Gasteiger partial charge in [-0.1, -0.05) is 12.1 Å². The molecule has 5 N–H and O–H groups in total. The van der Waals surface area contributed by atoms with Gasteiger partial charge in [0, 0.05) is 19.8 Å². The lowest BCUT2D eigenvalue weighted by molar-refractivity contribution is -0.137. The molecular weight excluding hydrogens is 602 g/mol. The van der Waals surface area contributed by atoms with E-state index >= 15 is 0 Å². The van der Waals surface area contributed by atoms with Crippen LogP contribution >= 0.6 is 7.60 Å². The lowest BCUT2D eigenvalue weighted by Gasteiger charge is -2.34. The Balaban J connectivity index is 1.49. The van der Waals surface area contributed by atoms with Gasteiger partial charge in [0.25, 0.3) is 5.91 Å². The maximum absolute atomic E-state index is 14.1. The second-order valence-electron chi connectivity index (χ2n) is 11.5. The molecule has 0 spiro atoms. The first-order chi connectivity index (χ1) is 20.5. The number of nitrogens with one attached hydrogen (secondary N) is 2. The molecule has 44 heavy (non-hydrogen) atoms. The number of nitrogens with zero attached hydrogens (tertiary/aromatic N) is 3. The summed E-state index contributed by atoms with van der Waals surface area (Å²) >= 11 is 0. The summed E-state index contributed by atoms with van der Waals surface area (Å²) in [6.07, 6.45) is -2.03. The van der Waals surface area contributed by atoms with E-state index in [1.165, 1.54) is 30.2 Å². The molecule has 1 saturated carbocycles. The first-order valence-corrected chi connectivity index (χ1v) is 15.7. The summed E-state index contributed by atoms with van der Waals surface area (Å²) in [7, 11) is -1.38. The average Bonchev–Trinajstić information content (AvgIpc) is 3.23. The number of methoxy groups -OCH3 is 1. The average molecular weight is 636 g/mol. The van der Waals surface area contributed by atoms with Crippen LogP contribution in [0, 0.1) is 0 Å². The second kappa shape index (κ2) is 11.7. The minimum Gasteiger partial charge on any atom is -0.495 e. The molecule has 236 valence electrons. The molecule has 0 unspecified atom stereocenters. The number of aliphatic hydroxyl groups is 1. The summed E-state index contributed by atoms with van der Waals surface area (Å²) in [5, 5.41) is 15.9. The SMILES string of the molecule is COc1cc(CP(=O)(O)O)ccc1Nc1ncc(C(F)(F)F)c(Nc2ccc([C@H]3CC[C@](C)(O)CC3)c3c2C(=O)N(C)C3)n1. The number of aromatic nitrogens is 2. The molecule has 3 aromatic rings. The number of alkyl halides is 3. The van der Waals surface area contributed by atoms with Crippen LogP contribution in [0.1, 0.15) is 71.1 Å². The van der Waals surface area contributed by atoms with Gasteiger partial charge in [-0.3, -0.25) is 9.36 Å². The minimum atomic E-state index is -4.81. The van der Waals surface area contributed by atoms with Crippen LogP contribution in [0.15, 0.2) is 36.5 Å². The number of rotatable bonds is 8. The predicted molar refractivity (Wildman–Crippen MR) is 156 cm³/mol. The van der Waals surface area contributed by atoms with Crippen LogP contribution in [-0.4, -0.2) is 55.4 Å². The Kier molecular flexibility index (Phi) is 8.40. The van der Waals surface area contributed by atoms with Crippen molar-refractivity contribution in [2.24, 2.45) is 0 Å². The van der Waals surface area contributed by atoms with E-state index in [1.54, 1.807) is 20.0 Å². The summed E-state index contributed by atoms with van der Waals surface area (Å²) in [6.45, 7) is 2.12. The highest BCUT2D eigenvalue weighted by Crippen LogP contribution is 2.44. The maximum atomic E-state index is 14.1. The Labute approximate surface area is 251 Å². The fourth-order valence-electron chi connectivity index (χ4n) is 5.78. The molecule has 5 rings (SSSR count). The van der Waals surface area contributed by atoms with Crippen molar-refractivity contribution in [1.29, 1.82) is 0 Å². The number of ether oxygens (including phenoxy) is 1. The quantitative estimate of drug-likeness (QED) is 0.196. The Hall–Kier alpha value is -3.71. The Morgan fingerprint density at radius 2 is 1.82 bits per heavy atom. The molecule has 0 saturated heterocycles. The molecule has 1 aromatic heterocycles. The number of hydrogen-bond acceptors (Lipinski definition) is 8. The zero-order valence-corrected chi connectivity index (χ0v) is 25.2. The molecule has 2 heterocycles. The van der Waals surface area contributed by atoms with Crippen molar-refractivity contribution in [3.05, 3.63) is 64.3 Å². The fraction of sp³-hybridized carbons (Fsp3) is 0.414. The summed E-state index contributed by atoms with van der Waals surface area (Å²) in [4.78, 5) is 41.2.